The molecule has 0 rings (SSSR count). The van der Waals surface area contributed by atoms with E-state index in [1.807, 2.05) is 0 Å². The summed E-state index contributed by atoms with van der Waals surface area (Å²) in [5.41, 5.74) is 0. The van der Waals surface area contributed by atoms with Crippen LogP contribution in [0.5, 0.6) is 0 Å². The molecule has 6 nitrogen and oxygen atoms in total. The lowest BCUT2D eigenvalue weighted by atomic mass is 10.1. The smallest absolute Gasteiger partial charge is 0.306 e. The minimum atomic E-state index is -0.817. The molecule has 0 bridgehead atoms. The first kappa shape index (κ1) is 64.1. The zero-order valence-electron chi connectivity index (χ0n) is 44.1. The van der Waals surface area contributed by atoms with Crippen LogP contribution < -0.4 is 0 Å². The van der Waals surface area contributed by atoms with Crippen LogP contribution in [0.3, 0.4) is 0 Å². The fourth-order valence-corrected chi connectivity index (χ4v) is 7.29. The standard InChI is InChI=1S/C62H102O6/c1-4-7-10-13-16-19-22-25-28-30-31-33-34-37-40-43-46-49-52-55-61(64)67-58-59(57-66-60(63)54-51-48-45-42-39-36-27-24-21-18-15-12-9-6-3)68-62(65)56-53-50-47-44-41-38-35-32-29-26-23-20-17-14-11-8-5-2/h8,11,15-20,24-29,35,38,44,47,59H,4-7,9-10,12-14,21-23,30-34,36-37,39-43,45-46,48-58H2,1-3H3/b11-8+,18-15+,19-16+,20-17+,27-24+,28-25+,29-26+,38-35+,47-44+/t59-/m1/s1. The van der Waals surface area contributed by atoms with E-state index in [2.05, 4.69) is 130 Å². The lowest BCUT2D eigenvalue weighted by Crippen LogP contribution is -2.30. The zero-order valence-corrected chi connectivity index (χ0v) is 44.1. The summed E-state index contributed by atoms with van der Waals surface area (Å²) in [6.45, 7) is 6.39. The highest BCUT2D eigenvalue weighted by molar-refractivity contribution is 5.71. The number of hydrogen-bond acceptors (Lipinski definition) is 6. The Hall–Kier alpha value is -3.93. The molecule has 0 unspecified atom stereocenters. The Bertz CT molecular complexity index is 1410. The molecule has 386 valence electrons. The van der Waals surface area contributed by atoms with Crippen molar-refractivity contribution < 1.29 is 28.6 Å². The van der Waals surface area contributed by atoms with Gasteiger partial charge in [0.1, 0.15) is 13.2 Å². The number of ether oxygens (including phenoxy) is 3. The van der Waals surface area contributed by atoms with E-state index in [9.17, 15) is 14.4 Å². The lowest BCUT2D eigenvalue weighted by molar-refractivity contribution is -0.167. The van der Waals surface area contributed by atoms with Crippen LogP contribution >= 0.6 is 0 Å². The molecule has 0 radical (unpaired) electrons. The maximum atomic E-state index is 12.8. The van der Waals surface area contributed by atoms with Crippen LogP contribution in [-0.4, -0.2) is 37.2 Å². The van der Waals surface area contributed by atoms with Crippen LogP contribution in [0.2, 0.25) is 0 Å². The molecule has 0 aliphatic rings. The Balaban J connectivity index is 4.49. The molecule has 0 aromatic carbocycles. The van der Waals surface area contributed by atoms with Gasteiger partial charge in [0, 0.05) is 19.3 Å². The van der Waals surface area contributed by atoms with Crippen LogP contribution in [0, 0.1) is 0 Å². The first-order valence-corrected chi connectivity index (χ1v) is 27.9. The van der Waals surface area contributed by atoms with Crippen LogP contribution in [0.25, 0.3) is 0 Å². The number of rotatable bonds is 49. The summed E-state index contributed by atoms with van der Waals surface area (Å²) in [5.74, 6) is -0.988. The molecule has 0 saturated carbocycles. The van der Waals surface area contributed by atoms with Crippen molar-refractivity contribution in [3.05, 3.63) is 109 Å². The third-order valence-electron chi connectivity index (χ3n) is 11.5. The maximum absolute atomic E-state index is 12.8. The molecule has 0 N–H and O–H groups in total. The van der Waals surface area contributed by atoms with Gasteiger partial charge >= 0.3 is 17.9 Å². The molecule has 6 heteroatoms. The predicted molar refractivity (Wildman–Crippen MR) is 293 cm³/mol. The summed E-state index contributed by atoms with van der Waals surface area (Å²) < 4.78 is 16.8. The number of allylic oxidation sites excluding steroid dienone is 18. The first-order valence-electron chi connectivity index (χ1n) is 27.9. The second-order valence-corrected chi connectivity index (χ2v) is 18.1. The minimum absolute atomic E-state index is 0.109. The molecule has 0 fully saturated rings. The lowest BCUT2D eigenvalue weighted by Gasteiger charge is -2.18. The predicted octanol–water partition coefficient (Wildman–Crippen LogP) is 18.7. The topological polar surface area (TPSA) is 78.9 Å². The van der Waals surface area contributed by atoms with E-state index in [0.717, 1.165) is 109 Å². The van der Waals surface area contributed by atoms with Crippen molar-refractivity contribution >= 4 is 17.9 Å². The van der Waals surface area contributed by atoms with Crippen molar-refractivity contribution in [2.24, 2.45) is 0 Å². The van der Waals surface area contributed by atoms with Crippen molar-refractivity contribution in [1.29, 1.82) is 0 Å². The summed E-state index contributed by atoms with van der Waals surface area (Å²) in [7, 11) is 0. The van der Waals surface area contributed by atoms with Crippen molar-refractivity contribution in [2.45, 2.75) is 252 Å². The molecular weight excluding hydrogens is 841 g/mol. The summed E-state index contributed by atoms with van der Waals surface area (Å²) in [6, 6.07) is 0. The number of carbonyl (C=O) groups is 3. The Labute approximate surface area is 419 Å². The van der Waals surface area contributed by atoms with Gasteiger partial charge in [0.2, 0.25) is 0 Å². The highest BCUT2D eigenvalue weighted by atomic mass is 16.6. The van der Waals surface area contributed by atoms with Crippen molar-refractivity contribution in [2.75, 3.05) is 13.2 Å². The van der Waals surface area contributed by atoms with E-state index in [0.29, 0.717) is 19.3 Å². The SMILES string of the molecule is CC/C=C/C/C=C/C/C=C/C/C=C/C/C=C/CCCC(=O)O[C@H](COC(=O)CCCCCCC/C=C/C/C=C/CCCC)COC(=O)CCCCCCCCCCC/C=C/C/C=C/CCCCC. The average Bonchev–Trinajstić information content (AvgIpc) is 3.34. The normalized spacial score (nSPS) is 12.9. The molecule has 0 spiro atoms. The summed E-state index contributed by atoms with van der Waals surface area (Å²) in [5, 5.41) is 0. The maximum Gasteiger partial charge on any atom is 0.306 e. The summed E-state index contributed by atoms with van der Waals surface area (Å²) >= 11 is 0. The Morgan fingerprint density at radius 2 is 0.603 bits per heavy atom. The molecule has 0 aromatic rings. The zero-order chi connectivity index (χ0) is 49.3. The number of hydrogen-bond donors (Lipinski definition) is 0. The molecule has 0 heterocycles. The van der Waals surface area contributed by atoms with Gasteiger partial charge in [-0.2, -0.15) is 0 Å². The molecule has 1 atom stereocenters. The Kier molecular flexibility index (Phi) is 52.4. The van der Waals surface area contributed by atoms with E-state index in [1.54, 1.807) is 0 Å². The molecular formula is C62H102O6. The van der Waals surface area contributed by atoms with Gasteiger partial charge in [-0.1, -0.05) is 220 Å². The van der Waals surface area contributed by atoms with Crippen LogP contribution in [0.1, 0.15) is 245 Å². The second kappa shape index (κ2) is 55.7. The van der Waals surface area contributed by atoms with Crippen LogP contribution in [-0.2, 0) is 28.6 Å². The van der Waals surface area contributed by atoms with Crippen molar-refractivity contribution in [3.63, 3.8) is 0 Å². The minimum Gasteiger partial charge on any atom is -0.462 e. The number of carbonyl (C=O) groups excluding carboxylic acids is 3. The van der Waals surface area contributed by atoms with E-state index >= 15 is 0 Å². The molecule has 0 aliphatic carbocycles. The largest absolute Gasteiger partial charge is 0.462 e. The van der Waals surface area contributed by atoms with Gasteiger partial charge in [0.25, 0.3) is 0 Å². The Morgan fingerprint density at radius 1 is 0.309 bits per heavy atom. The summed E-state index contributed by atoms with van der Waals surface area (Å²) in [4.78, 5) is 38.1. The van der Waals surface area contributed by atoms with Gasteiger partial charge in [-0.3, -0.25) is 14.4 Å². The van der Waals surface area contributed by atoms with E-state index in [1.165, 1.54) is 89.9 Å². The average molecular weight is 943 g/mol. The second-order valence-electron chi connectivity index (χ2n) is 18.1. The molecule has 0 amide bonds. The van der Waals surface area contributed by atoms with Gasteiger partial charge in [-0.25, -0.2) is 0 Å². The quantitative estimate of drug-likeness (QED) is 0.0262. The van der Waals surface area contributed by atoms with E-state index < -0.39 is 6.10 Å². The van der Waals surface area contributed by atoms with Gasteiger partial charge in [-0.15, -0.1) is 0 Å². The fourth-order valence-electron chi connectivity index (χ4n) is 7.29. The fraction of sp³-hybridized carbons (Fsp3) is 0.661. The monoisotopic (exact) mass is 943 g/mol. The highest BCUT2D eigenvalue weighted by Gasteiger charge is 2.19. The van der Waals surface area contributed by atoms with Crippen molar-refractivity contribution in [3.8, 4) is 0 Å². The number of unbranched alkanes of at least 4 members (excludes halogenated alkanes) is 20. The van der Waals surface area contributed by atoms with E-state index in [4.69, 9.17) is 14.2 Å². The highest BCUT2D eigenvalue weighted by Crippen LogP contribution is 2.14. The van der Waals surface area contributed by atoms with Gasteiger partial charge < -0.3 is 14.2 Å². The summed E-state index contributed by atoms with van der Waals surface area (Å²) in [6.07, 6.45) is 75.0. The van der Waals surface area contributed by atoms with E-state index in [-0.39, 0.29) is 37.5 Å². The van der Waals surface area contributed by atoms with Crippen LogP contribution in [0.4, 0.5) is 0 Å². The van der Waals surface area contributed by atoms with Gasteiger partial charge in [0.05, 0.1) is 0 Å². The number of esters is 3. The molecule has 68 heavy (non-hydrogen) atoms. The third kappa shape index (κ3) is 53.0. The van der Waals surface area contributed by atoms with Gasteiger partial charge in [-0.05, 0) is 116 Å². The first-order chi connectivity index (χ1) is 33.5. The Morgan fingerprint density at radius 3 is 0.985 bits per heavy atom. The van der Waals surface area contributed by atoms with Crippen LogP contribution in [0.15, 0.2) is 109 Å². The molecule has 0 saturated heterocycles. The molecule has 0 aliphatic heterocycles. The van der Waals surface area contributed by atoms with Crippen molar-refractivity contribution in [1.82, 2.24) is 0 Å². The van der Waals surface area contributed by atoms with Gasteiger partial charge in [0.15, 0.2) is 6.10 Å². The third-order valence-corrected chi connectivity index (χ3v) is 11.5. The molecule has 0 aromatic heterocycles.